The highest BCUT2D eigenvalue weighted by Gasteiger charge is 2.42. The lowest BCUT2D eigenvalue weighted by molar-refractivity contribution is -0.773. The van der Waals surface area contributed by atoms with Gasteiger partial charge in [0.25, 0.3) is 5.91 Å². The molecule has 0 unspecified atom stereocenters. The van der Waals surface area contributed by atoms with Crippen molar-refractivity contribution in [2.75, 3.05) is 21.1 Å². The fourth-order valence-corrected chi connectivity index (χ4v) is 1.43. The molecule has 72 valence electrons. The van der Waals surface area contributed by atoms with E-state index in [1.54, 1.807) is 21.0 Å². The Morgan fingerprint density at radius 3 is 2.08 bits per heavy atom. The van der Waals surface area contributed by atoms with E-state index in [0.29, 0.717) is 5.57 Å². The number of imide groups is 1. The number of rotatable bonds is 0. The summed E-state index contributed by atoms with van der Waals surface area (Å²) in [6.45, 7) is 3.57. The van der Waals surface area contributed by atoms with Gasteiger partial charge in [-0.1, -0.05) is 0 Å². The highest BCUT2D eigenvalue weighted by molar-refractivity contribution is 6.04. The molecule has 0 aromatic carbocycles. The lowest BCUT2D eigenvalue weighted by Gasteiger charge is -2.35. The molecule has 4 nitrogen and oxygen atoms in total. The van der Waals surface area contributed by atoms with Gasteiger partial charge < -0.3 is 0 Å². The van der Waals surface area contributed by atoms with Crippen molar-refractivity contribution in [2.24, 2.45) is 0 Å². The molecule has 0 aliphatic carbocycles. The Kier molecular flexibility index (Phi) is 2.04. The maximum atomic E-state index is 11.7. The minimum atomic E-state index is -0.194. The summed E-state index contributed by atoms with van der Waals surface area (Å²) in [5.74, 6) is -0.194. The Morgan fingerprint density at radius 1 is 1.15 bits per heavy atom. The van der Waals surface area contributed by atoms with Gasteiger partial charge in [0.2, 0.25) is 0 Å². The van der Waals surface area contributed by atoms with Crippen molar-refractivity contribution in [3.05, 3.63) is 11.3 Å². The molecule has 13 heavy (non-hydrogen) atoms. The quantitative estimate of drug-likeness (QED) is 0.524. The van der Waals surface area contributed by atoms with Crippen molar-refractivity contribution < 1.29 is 14.1 Å². The number of likely N-dealkylation sites (N-methyl/N-ethyl adjacent to an activating group) is 1. The first-order valence-electron chi connectivity index (χ1n) is 4.14. The second-order valence-electron chi connectivity index (χ2n) is 3.81. The molecule has 0 bridgehead atoms. The largest absolute Gasteiger partial charge is 0.430 e. The van der Waals surface area contributed by atoms with Crippen LogP contribution in [0.1, 0.15) is 13.8 Å². The highest BCUT2D eigenvalue weighted by Crippen LogP contribution is 2.24. The van der Waals surface area contributed by atoms with Gasteiger partial charge in [0.05, 0.1) is 19.7 Å². The zero-order valence-electron chi connectivity index (χ0n) is 8.71. The molecule has 0 aromatic rings. The van der Waals surface area contributed by atoms with Gasteiger partial charge in [-0.15, -0.1) is 0 Å². The number of amides is 3. The van der Waals surface area contributed by atoms with Crippen LogP contribution < -0.4 is 0 Å². The minimum absolute atomic E-state index is 0.133. The topological polar surface area (TPSA) is 37.4 Å². The van der Waals surface area contributed by atoms with Crippen molar-refractivity contribution in [1.29, 1.82) is 0 Å². The molecule has 4 heteroatoms. The third-order valence-corrected chi connectivity index (χ3v) is 2.77. The van der Waals surface area contributed by atoms with Gasteiger partial charge in [-0.2, -0.15) is 0 Å². The van der Waals surface area contributed by atoms with Gasteiger partial charge in [-0.25, -0.2) is 14.2 Å². The van der Waals surface area contributed by atoms with Crippen LogP contribution in [0.15, 0.2) is 11.3 Å². The average Bonchev–Trinajstić information content (AvgIpc) is 2.09. The van der Waals surface area contributed by atoms with E-state index in [1.807, 2.05) is 6.92 Å². The molecular weight excluding hydrogens is 168 g/mol. The molecule has 1 aliphatic heterocycles. The van der Waals surface area contributed by atoms with E-state index >= 15 is 0 Å². The second kappa shape index (κ2) is 2.67. The van der Waals surface area contributed by atoms with Crippen LogP contribution in [0.3, 0.4) is 0 Å². The predicted molar refractivity (Wildman–Crippen MR) is 48.6 cm³/mol. The van der Waals surface area contributed by atoms with Gasteiger partial charge in [0.15, 0.2) is 0 Å². The molecule has 0 aromatic heterocycles. The molecular formula is C9H15N2O2+. The second-order valence-corrected chi connectivity index (χ2v) is 3.81. The minimum Gasteiger partial charge on any atom is -0.269 e. The molecule has 0 fully saturated rings. The molecule has 0 N–H and O–H groups in total. The molecule has 1 rings (SSSR count). The SMILES string of the molecule is CC1=C(C)[N+](C)(C)C(=O)N(C)C1=O. The van der Waals surface area contributed by atoms with Crippen LogP contribution in [0.2, 0.25) is 0 Å². The third kappa shape index (κ3) is 1.18. The lowest BCUT2D eigenvalue weighted by atomic mass is 10.1. The maximum Gasteiger partial charge on any atom is 0.430 e. The number of hydrogen-bond donors (Lipinski definition) is 0. The molecule has 0 atom stereocenters. The van der Waals surface area contributed by atoms with Crippen LogP contribution in [0, 0.1) is 0 Å². The van der Waals surface area contributed by atoms with E-state index in [0.717, 1.165) is 5.70 Å². The van der Waals surface area contributed by atoms with Crippen LogP contribution in [-0.2, 0) is 4.79 Å². The van der Waals surface area contributed by atoms with Crippen molar-refractivity contribution in [3.63, 3.8) is 0 Å². The van der Waals surface area contributed by atoms with Gasteiger partial charge in [-0.05, 0) is 6.92 Å². The Labute approximate surface area is 78.0 Å². The zero-order chi connectivity index (χ0) is 10.4. The smallest absolute Gasteiger partial charge is 0.269 e. The van der Waals surface area contributed by atoms with Crippen molar-refractivity contribution >= 4 is 11.9 Å². The van der Waals surface area contributed by atoms with Gasteiger partial charge in [0.1, 0.15) is 5.70 Å². The van der Waals surface area contributed by atoms with E-state index < -0.39 is 0 Å². The Balaban J connectivity index is 3.34. The summed E-state index contributed by atoms with van der Waals surface area (Å²) in [5, 5.41) is 0. The summed E-state index contributed by atoms with van der Waals surface area (Å²) in [7, 11) is 5.08. The fourth-order valence-electron chi connectivity index (χ4n) is 1.43. The predicted octanol–water partition coefficient (Wildman–Crippen LogP) is 0.949. The van der Waals surface area contributed by atoms with Crippen molar-refractivity contribution in [1.82, 2.24) is 4.90 Å². The van der Waals surface area contributed by atoms with Crippen LogP contribution in [0.25, 0.3) is 0 Å². The van der Waals surface area contributed by atoms with E-state index in [4.69, 9.17) is 0 Å². The number of hydrogen-bond acceptors (Lipinski definition) is 2. The number of carbonyl (C=O) groups is 2. The fraction of sp³-hybridized carbons (Fsp3) is 0.556. The van der Waals surface area contributed by atoms with Crippen molar-refractivity contribution in [3.8, 4) is 0 Å². The molecule has 1 aliphatic rings. The van der Waals surface area contributed by atoms with E-state index in [9.17, 15) is 9.59 Å². The third-order valence-electron chi connectivity index (χ3n) is 2.77. The maximum absolute atomic E-state index is 11.7. The van der Waals surface area contributed by atoms with E-state index in [-0.39, 0.29) is 16.4 Å². The van der Waals surface area contributed by atoms with Gasteiger partial charge in [0, 0.05) is 14.0 Å². The van der Waals surface area contributed by atoms with E-state index in [1.165, 1.54) is 11.9 Å². The summed E-state index contributed by atoms with van der Waals surface area (Å²) in [6.07, 6.45) is 0. The number of nitrogens with zero attached hydrogens (tertiary/aromatic N) is 2. The van der Waals surface area contributed by atoms with Gasteiger partial charge in [-0.3, -0.25) is 4.79 Å². The number of urea groups is 1. The Morgan fingerprint density at radius 2 is 1.62 bits per heavy atom. The molecule has 0 saturated heterocycles. The molecule has 0 radical (unpaired) electrons. The molecule has 0 spiro atoms. The van der Waals surface area contributed by atoms with Gasteiger partial charge >= 0.3 is 6.03 Å². The number of quaternary nitrogens is 1. The van der Waals surface area contributed by atoms with Crippen molar-refractivity contribution in [2.45, 2.75) is 13.8 Å². The van der Waals surface area contributed by atoms with E-state index in [2.05, 4.69) is 0 Å². The van der Waals surface area contributed by atoms with Crippen LogP contribution in [-0.4, -0.2) is 42.5 Å². The summed E-state index contributed by atoms with van der Waals surface area (Å²) in [4.78, 5) is 24.3. The number of allylic oxidation sites excluding steroid dienone is 1. The normalized spacial score (nSPS) is 22.7. The monoisotopic (exact) mass is 183 g/mol. The lowest BCUT2D eigenvalue weighted by Crippen LogP contribution is -2.56. The standard InChI is InChI=1S/C9H15N2O2/c1-6-7(2)11(4,5)9(13)10(3)8(6)12/h1-5H3/q+1. The first kappa shape index (κ1) is 9.92. The zero-order valence-corrected chi connectivity index (χ0v) is 8.71. The Bertz CT molecular complexity index is 316. The van der Waals surface area contributed by atoms with Crippen LogP contribution >= 0.6 is 0 Å². The summed E-state index contributed by atoms with van der Waals surface area (Å²) >= 11 is 0. The Hall–Kier alpha value is -1.16. The molecule has 1 heterocycles. The van der Waals surface area contributed by atoms with Crippen LogP contribution in [0.5, 0.6) is 0 Å². The first-order valence-corrected chi connectivity index (χ1v) is 4.14. The summed E-state index contributed by atoms with van der Waals surface area (Å²) in [6, 6.07) is -0.187. The highest BCUT2D eigenvalue weighted by atomic mass is 16.2. The first-order chi connectivity index (χ1) is 5.80. The summed E-state index contributed by atoms with van der Waals surface area (Å²) in [5.41, 5.74) is 1.47. The summed E-state index contributed by atoms with van der Waals surface area (Å²) < 4.78 is 0.133. The van der Waals surface area contributed by atoms with Crippen LogP contribution in [0.4, 0.5) is 4.79 Å². The average molecular weight is 183 g/mol. The number of carbonyl (C=O) groups excluding carboxylic acids is 2. The molecule has 3 amide bonds. The molecule has 0 saturated carbocycles.